The van der Waals surface area contributed by atoms with Gasteiger partial charge in [0.1, 0.15) is 5.82 Å². The quantitative estimate of drug-likeness (QED) is 0.746. The van der Waals surface area contributed by atoms with Crippen LogP contribution in [0.1, 0.15) is 28.9 Å². The maximum absolute atomic E-state index is 12.1. The van der Waals surface area contributed by atoms with Crippen LogP contribution in [0, 0.1) is 20.8 Å². The van der Waals surface area contributed by atoms with Crippen molar-refractivity contribution in [3.05, 3.63) is 65.0 Å². The van der Waals surface area contributed by atoms with Crippen molar-refractivity contribution >= 4 is 16.9 Å². The van der Waals surface area contributed by atoms with Crippen molar-refractivity contribution in [2.75, 3.05) is 6.54 Å². The minimum atomic E-state index is 0.0991. The molecule has 2 aromatic carbocycles. The number of aryl methyl sites for hydroxylation is 4. The van der Waals surface area contributed by atoms with E-state index in [1.807, 2.05) is 25.1 Å². The maximum Gasteiger partial charge on any atom is 0.220 e. The van der Waals surface area contributed by atoms with Crippen molar-refractivity contribution in [2.45, 2.75) is 40.2 Å². The van der Waals surface area contributed by atoms with E-state index in [0.29, 0.717) is 13.0 Å². The monoisotopic (exact) mass is 335 g/mol. The lowest BCUT2D eigenvalue weighted by Gasteiger charge is -2.10. The Balaban J connectivity index is 1.51. The highest BCUT2D eigenvalue weighted by atomic mass is 16.1. The molecule has 0 aliphatic rings. The van der Waals surface area contributed by atoms with Crippen molar-refractivity contribution in [3.8, 4) is 0 Å². The van der Waals surface area contributed by atoms with E-state index < -0.39 is 0 Å². The largest absolute Gasteiger partial charge is 0.354 e. The number of nitrogens with one attached hydrogen (secondary N) is 1. The highest BCUT2D eigenvalue weighted by Crippen LogP contribution is 2.15. The Bertz CT molecular complexity index is 895. The molecule has 1 N–H and O–H groups in total. The molecule has 0 fully saturated rings. The van der Waals surface area contributed by atoms with Crippen LogP contribution >= 0.6 is 0 Å². The summed E-state index contributed by atoms with van der Waals surface area (Å²) in [6.45, 7) is 7.55. The van der Waals surface area contributed by atoms with Gasteiger partial charge in [-0.2, -0.15) is 0 Å². The molecule has 4 nitrogen and oxygen atoms in total. The number of fused-ring (bicyclic) bond motifs is 1. The summed E-state index contributed by atoms with van der Waals surface area (Å²) >= 11 is 0. The Morgan fingerprint density at radius 3 is 2.72 bits per heavy atom. The minimum Gasteiger partial charge on any atom is -0.354 e. The van der Waals surface area contributed by atoms with Crippen LogP contribution in [-0.2, 0) is 17.8 Å². The van der Waals surface area contributed by atoms with E-state index in [1.54, 1.807) is 0 Å². The molecule has 4 heteroatoms. The smallest absolute Gasteiger partial charge is 0.220 e. The molecule has 25 heavy (non-hydrogen) atoms. The second-order valence-electron chi connectivity index (χ2n) is 6.58. The molecule has 0 bridgehead atoms. The number of nitrogens with zero attached hydrogens (tertiary/aromatic N) is 2. The van der Waals surface area contributed by atoms with E-state index in [9.17, 15) is 4.79 Å². The molecule has 1 aromatic heterocycles. The fourth-order valence-corrected chi connectivity index (χ4v) is 3.25. The zero-order chi connectivity index (χ0) is 17.8. The molecule has 3 rings (SSSR count). The van der Waals surface area contributed by atoms with Crippen molar-refractivity contribution in [1.82, 2.24) is 14.9 Å². The Hall–Kier alpha value is -2.62. The van der Waals surface area contributed by atoms with Crippen LogP contribution in [0.15, 0.2) is 42.5 Å². The molecule has 0 atom stereocenters. The molecule has 1 amide bonds. The predicted molar refractivity (Wildman–Crippen MR) is 102 cm³/mol. The maximum atomic E-state index is 12.1. The van der Waals surface area contributed by atoms with Crippen molar-refractivity contribution in [3.63, 3.8) is 0 Å². The molecule has 0 unspecified atom stereocenters. The van der Waals surface area contributed by atoms with Crippen LogP contribution in [0.5, 0.6) is 0 Å². The number of para-hydroxylation sites is 2. The molecule has 0 spiro atoms. The average molecular weight is 335 g/mol. The summed E-state index contributed by atoms with van der Waals surface area (Å²) in [6.07, 6.45) is 1.30. The Morgan fingerprint density at radius 1 is 1.12 bits per heavy atom. The number of aromatic nitrogens is 2. The van der Waals surface area contributed by atoms with Crippen LogP contribution < -0.4 is 5.32 Å². The number of rotatable bonds is 6. The van der Waals surface area contributed by atoms with Crippen LogP contribution in [0.3, 0.4) is 0 Å². The first kappa shape index (κ1) is 17.2. The second-order valence-corrected chi connectivity index (χ2v) is 6.58. The number of carbonyl (C=O) groups is 1. The van der Waals surface area contributed by atoms with Gasteiger partial charge in [-0.3, -0.25) is 4.79 Å². The van der Waals surface area contributed by atoms with Gasteiger partial charge in [0.2, 0.25) is 5.91 Å². The summed E-state index contributed by atoms with van der Waals surface area (Å²) in [5.74, 6) is 1.08. The normalized spacial score (nSPS) is 11.0. The summed E-state index contributed by atoms with van der Waals surface area (Å²) in [6, 6.07) is 14.5. The summed E-state index contributed by atoms with van der Waals surface area (Å²) in [7, 11) is 0. The van der Waals surface area contributed by atoms with E-state index in [2.05, 4.69) is 53.0 Å². The number of hydrogen-bond acceptors (Lipinski definition) is 2. The SMILES string of the molecule is Cc1ccc(CCC(=O)NCCn2c(C)nc3ccccc32)c(C)c1. The van der Waals surface area contributed by atoms with Crippen LogP contribution in [-0.4, -0.2) is 22.0 Å². The highest BCUT2D eigenvalue weighted by Gasteiger charge is 2.08. The van der Waals surface area contributed by atoms with E-state index in [1.165, 1.54) is 16.7 Å². The zero-order valence-corrected chi connectivity index (χ0v) is 15.2. The van der Waals surface area contributed by atoms with Gasteiger partial charge in [-0.05, 0) is 50.5 Å². The van der Waals surface area contributed by atoms with Gasteiger partial charge in [-0.25, -0.2) is 4.98 Å². The van der Waals surface area contributed by atoms with E-state index in [-0.39, 0.29) is 5.91 Å². The first-order valence-electron chi connectivity index (χ1n) is 8.79. The van der Waals surface area contributed by atoms with Gasteiger partial charge in [0.05, 0.1) is 11.0 Å². The van der Waals surface area contributed by atoms with Crippen molar-refractivity contribution < 1.29 is 4.79 Å². The number of hydrogen-bond donors (Lipinski definition) is 1. The fraction of sp³-hybridized carbons (Fsp3) is 0.333. The Morgan fingerprint density at radius 2 is 1.92 bits per heavy atom. The summed E-state index contributed by atoms with van der Waals surface area (Å²) in [5.41, 5.74) is 5.88. The lowest BCUT2D eigenvalue weighted by molar-refractivity contribution is -0.121. The minimum absolute atomic E-state index is 0.0991. The van der Waals surface area contributed by atoms with Gasteiger partial charge in [0.25, 0.3) is 0 Å². The summed E-state index contributed by atoms with van der Waals surface area (Å²) < 4.78 is 2.15. The van der Waals surface area contributed by atoms with Crippen molar-refractivity contribution in [1.29, 1.82) is 0 Å². The molecular weight excluding hydrogens is 310 g/mol. The van der Waals surface area contributed by atoms with E-state index in [4.69, 9.17) is 0 Å². The van der Waals surface area contributed by atoms with Crippen LogP contribution in [0.25, 0.3) is 11.0 Å². The van der Waals surface area contributed by atoms with Gasteiger partial charge >= 0.3 is 0 Å². The highest BCUT2D eigenvalue weighted by molar-refractivity contribution is 5.77. The van der Waals surface area contributed by atoms with Gasteiger partial charge in [-0.1, -0.05) is 35.9 Å². The summed E-state index contributed by atoms with van der Waals surface area (Å²) in [5, 5.41) is 3.03. The van der Waals surface area contributed by atoms with Gasteiger partial charge in [-0.15, -0.1) is 0 Å². The number of carbonyl (C=O) groups excluding carboxylic acids is 1. The van der Waals surface area contributed by atoms with Crippen LogP contribution in [0.2, 0.25) is 0 Å². The molecule has 0 saturated carbocycles. The van der Waals surface area contributed by atoms with E-state index >= 15 is 0 Å². The Kier molecular flexibility index (Phi) is 5.17. The topological polar surface area (TPSA) is 46.9 Å². The lowest BCUT2D eigenvalue weighted by atomic mass is 10.0. The second kappa shape index (κ2) is 7.51. The van der Waals surface area contributed by atoms with E-state index in [0.717, 1.165) is 29.8 Å². The first-order chi connectivity index (χ1) is 12.0. The molecule has 3 aromatic rings. The molecular formula is C21H25N3O. The molecule has 0 aliphatic heterocycles. The van der Waals surface area contributed by atoms with Gasteiger partial charge in [0.15, 0.2) is 0 Å². The predicted octanol–water partition coefficient (Wildman–Crippen LogP) is 3.71. The van der Waals surface area contributed by atoms with Gasteiger partial charge in [0, 0.05) is 19.5 Å². The summed E-state index contributed by atoms with van der Waals surface area (Å²) in [4.78, 5) is 16.7. The third-order valence-electron chi connectivity index (χ3n) is 4.62. The molecule has 1 heterocycles. The standard InChI is InChI=1S/C21H25N3O/c1-15-8-9-18(16(2)14-15)10-11-21(25)22-12-13-24-17(3)23-19-6-4-5-7-20(19)24/h4-9,14H,10-13H2,1-3H3,(H,22,25). The third kappa shape index (κ3) is 4.08. The third-order valence-corrected chi connectivity index (χ3v) is 4.62. The lowest BCUT2D eigenvalue weighted by Crippen LogP contribution is -2.27. The number of amides is 1. The van der Waals surface area contributed by atoms with Crippen LogP contribution in [0.4, 0.5) is 0 Å². The molecule has 0 saturated heterocycles. The van der Waals surface area contributed by atoms with Gasteiger partial charge < -0.3 is 9.88 Å². The Labute approximate surface area is 148 Å². The number of benzene rings is 2. The molecule has 130 valence electrons. The zero-order valence-electron chi connectivity index (χ0n) is 15.2. The first-order valence-corrected chi connectivity index (χ1v) is 8.79. The number of imidazole rings is 1. The molecule has 0 radical (unpaired) electrons. The fourth-order valence-electron chi connectivity index (χ4n) is 3.25. The average Bonchev–Trinajstić information content (AvgIpc) is 2.90. The molecule has 0 aliphatic carbocycles. The van der Waals surface area contributed by atoms with Crippen molar-refractivity contribution in [2.24, 2.45) is 0 Å².